The maximum Gasteiger partial charge on any atom is 0.171 e. The van der Waals surface area contributed by atoms with Crippen LogP contribution in [0.25, 0.3) is 0 Å². The maximum atomic E-state index is 12.0. The average Bonchev–Trinajstić information content (AvgIpc) is 2.28. The van der Waals surface area contributed by atoms with E-state index in [0.717, 1.165) is 6.42 Å². The molecule has 1 unspecified atom stereocenters. The molecule has 1 rings (SSSR count). The smallest absolute Gasteiger partial charge is 0.171 e. The standard InChI is InChI=1S/C11H16N2O/c1-3-11(2,8-12)10(14)9-5-4-6-13-7-9/h4-7H,3,8,12H2,1-2H3. The molecule has 0 aliphatic heterocycles. The number of hydrogen-bond acceptors (Lipinski definition) is 3. The van der Waals surface area contributed by atoms with Gasteiger partial charge in [-0.15, -0.1) is 0 Å². The van der Waals surface area contributed by atoms with Gasteiger partial charge in [-0.2, -0.15) is 0 Å². The van der Waals surface area contributed by atoms with Crippen molar-refractivity contribution in [3.8, 4) is 0 Å². The van der Waals surface area contributed by atoms with Crippen molar-refractivity contribution in [1.29, 1.82) is 0 Å². The van der Waals surface area contributed by atoms with Crippen LogP contribution in [-0.4, -0.2) is 17.3 Å². The zero-order chi connectivity index (χ0) is 10.6. The van der Waals surface area contributed by atoms with Crippen LogP contribution >= 0.6 is 0 Å². The minimum Gasteiger partial charge on any atom is -0.329 e. The Morgan fingerprint density at radius 2 is 2.36 bits per heavy atom. The molecule has 0 aromatic carbocycles. The number of hydrogen-bond donors (Lipinski definition) is 1. The van der Waals surface area contributed by atoms with E-state index in [4.69, 9.17) is 5.73 Å². The third-order valence-electron chi connectivity index (χ3n) is 2.70. The van der Waals surface area contributed by atoms with Crippen LogP contribution in [0, 0.1) is 5.41 Å². The summed E-state index contributed by atoms with van der Waals surface area (Å²) >= 11 is 0. The normalized spacial score (nSPS) is 14.8. The first-order chi connectivity index (χ1) is 6.64. The molecule has 14 heavy (non-hydrogen) atoms. The summed E-state index contributed by atoms with van der Waals surface area (Å²) in [5.41, 5.74) is 5.80. The van der Waals surface area contributed by atoms with Gasteiger partial charge in [0.2, 0.25) is 0 Å². The summed E-state index contributed by atoms with van der Waals surface area (Å²) < 4.78 is 0. The summed E-state index contributed by atoms with van der Waals surface area (Å²) in [6.45, 7) is 4.24. The predicted molar refractivity (Wildman–Crippen MR) is 56.0 cm³/mol. The van der Waals surface area contributed by atoms with Crippen LogP contribution in [-0.2, 0) is 0 Å². The second-order valence-corrected chi connectivity index (χ2v) is 3.69. The number of pyridine rings is 1. The van der Waals surface area contributed by atoms with Crippen molar-refractivity contribution < 1.29 is 4.79 Å². The molecule has 0 saturated carbocycles. The molecule has 0 spiro atoms. The van der Waals surface area contributed by atoms with E-state index in [-0.39, 0.29) is 5.78 Å². The zero-order valence-corrected chi connectivity index (χ0v) is 8.66. The number of nitrogens with zero attached hydrogens (tertiary/aromatic N) is 1. The maximum absolute atomic E-state index is 12.0. The Morgan fingerprint density at radius 3 is 2.79 bits per heavy atom. The molecule has 1 heterocycles. The summed E-state index contributed by atoms with van der Waals surface area (Å²) in [7, 11) is 0. The van der Waals surface area contributed by atoms with E-state index in [2.05, 4.69) is 4.98 Å². The van der Waals surface area contributed by atoms with Gasteiger partial charge in [0.05, 0.1) is 0 Å². The molecule has 0 amide bonds. The van der Waals surface area contributed by atoms with Crippen molar-refractivity contribution >= 4 is 5.78 Å². The molecule has 0 fully saturated rings. The third-order valence-corrected chi connectivity index (χ3v) is 2.70. The fraction of sp³-hybridized carbons (Fsp3) is 0.455. The van der Waals surface area contributed by atoms with Gasteiger partial charge in [0.15, 0.2) is 5.78 Å². The van der Waals surface area contributed by atoms with Crippen molar-refractivity contribution in [2.75, 3.05) is 6.54 Å². The van der Waals surface area contributed by atoms with Gasteiger partial charge in [-0.25, -0.2) is 0 Å². The number of carbonyl (C=O) groups is 1. The topological polar surface area (TPSA) is 56.0 Å². The number of carbonyl (C=O) groups excluding carboxylic acids is 1. The monoisotopic (exact) mass is 192 g/mol. The molecule has 3 nitrogen and oxygen atoms in total. The van der Waals surface area contributed by atoms with Gasteiger partial charge in [-0.05, 0) is 18.6 Å². The largest absolute Gasteiger partial charge is 0.329 e. The van der Waals surface area contributed by atoms with E-state index in [0.29, 0.717) is 12.1 Å². The van der Waals surface area contributed by atoms with Gasteiger partial charge in [0.1, 0.15) is 0 Å². The summed E-state index contributed by atoms with van der Waals surface area (Å²) in [4.78, 5) is 15.9. The average molecular weight is 192 g/mol. The lowest BCUT2D eigenvalue weighted by atomic mass is 9.80. The van der Waals surface area contributed by atoms with E-state index >= 15 is 0 Å². The molecule has 1 aromatic rings. The van der Waals surface area contributed by atoms with Crippen LogP contribution in [0.5, 0.6) is 0 Å². The second-order valence-electron chi connectivity index (χ2n) is 3.69. The first kappa shape index (κ1) is 10.9. The first-order valence-electron chi connectivity index (χ1n) is 4.79. The summed E-state index contributed by atoms with van der Waals surface area (Å²) in [5, 5.41) is 0. The number of aromatic nitrogens is 1. The Kier molecular flexibility index (Phi) is 3.36. The van der Waals surface area contributed by atoms with Gasteiger partial charge in [0.25, 0.3) is 0 Å². The zero-order valence-electron chi connectivity index (χ0n) is 8.66. The van der Waals surface area contributed by atoms with Crippen molar-refractivity contribution in [2.24, 2.45) is 11.1 Å². The molecule has 2 N–H and O–H groups in total. The Labute approximate surface area is 84.3 Å². The van der Waals surface area contributed by atoms with Crippen molar-refractivity contribution in [2.45, 2.75) is 20.3 Å². The highest BCUT2D eigenvalue weighted by Crippen LogP contribution is 2.24. The number of rotatable bonds is 4. The molecule has 0 radical (unpaired) electrons. The second kappa shape index (κ2) is 4.33. The van der Waals surface area contributed by atoms with Crippen LogP contribution in [0.15, 0.2) is 24.5 Å². The Bertz CT molecular complexity index is 304. The summed E-state index contributed by atoms with van der Waals surface area (Å²) in [6, 6.07) is 3.54. The van der Waals surface area contributed by atoms with E-state index in [9.17, 15) is 4.79 Å². The lowest BCUT2D eigenvalue weighted by Gasteiger charge is -2.24. The van der Waals surface area contributed by atoms with E-state index < -0.39 is 5.41 Å². The highest BCUT2D eigenvalue weighted by Gasteiger charge is 2.30. The van der Waals surface area contributed by atoms with Crippen LogP contribution in [0.3, 0.4) is 0 Å². The minimum atomic E-state index is -0.455. The molecule has 0 bridgehead atoms. The van der Waals surface area contributed by atoms with Crippen LogP contribution in [0.4, 0.5) is 0 Å². The molecular formula is C11H16N2O. The third kappa shape index (κ3) is 1.99. The molecule has 76 valence electrons. The van der Waals surface area contributed by atoms with Crippen molar-refractivity contribution in [3.05, 3.63) is 30.1 Å². The molecular weight excluding hydrogens is 176 g/mol. The molecule has 0 aliphatic rings. The van der Waals surface area contributed by atoms with Crippen LogP contribution < -0.4 is 5.73 Å². The SMILES string of the molecule is CCC(C)(CN)C(=O)c1cccnc1. The van der Waals surface area contributed by atoms with Gasteiger partial charge in [-0.1, -0.05) is 13.8 Å². The molecule has 0 aliphatic carbocycles. The Hall–Kier alpha value is -1.22. The lowest BCUT2D eigenvalue weighted by molar-refractivity contribution is 0.0820. The number of Topliss-reactive ketones (excluding diaryl/α,β-unsaturated/α-hetero) is 1. The van der Waals surface area contributed by atoms with E-state index in [1.807, 2.05) is 13.8 Å². The van der Waals surface area contributed by atoms with E-state index in [1.165, 1.54) is 0 Å². The summed E-state index contributed by atoms with van der Waals surface area (Å²) in [6.07, 6.45) is 3.99. The Morgan fingerprint density at radius 1 is 1.64 bits per heavy atom. The molecule has 1 aromatic heterocycles. The van der Waals surface area contributed by atoms with Crippen molar-refractivity contribution in [3.63, 3.8) is 0 Å². The van der Waals surface area contributed by atoms with Gasteiger partial charge in [-0.3, -0.25) is 9.78 Å². The molecule has 0 saturated heterocycles. The van der Waals surface area contributed by atoms with E-state index in [1.54, 1.807) is 24.5 Å². The van der Waals surface area contributed by atoms with Crippen LogP contribution in [0.2, 0.25) is 0 Å². The number of ketones is 1. The summed E-state index contributed by atoms with van der Waals surface area (Å²) in [5.74, 6) is 0.0793. The quantitative estimate of drug-likeness (QED) is 0.738. The minimum absolute atomic E-state index is 0.0793. The van der Waals surface area contributed by atoms with Gasteiger partial charge in [0, 0.05) is 29.9 Å². The predicted octanol–water partition coefficient (Wildman–Crippen LogP) is 1.64. The lowest BCUT2D eigenvalue weighted by Crippen LogP contribution is -2.35. The first-order valence-corrected chi connectivity index (χ1v) is 4.79. The van der Waals surface area contributed by atoms with Crippen LogP contribution in [0.1, 0.15) is 30.6 Å². The fourth-order valence-corrected chi connectivity index (χ4v) is 1.24. The molecule has 1 atom stereocenters. The van der Waals surface area contributed by atoms with Gasteiger partial charge < -0.3 is 5.73 Å². The number of nitrogens with two attached hydrogens (primary N) is 1. The highest BCUT2D eigenvalue weighted by atomic mass is 16.1. The molecule has 3 heteroatoms. The van der Waals surface area contributed by atoms with Gasteiger partial charge >= 0.3 is 0 Å². The highest BCUT2D eigenvalue weighted by molar-refractivity contribution is 6.00. The van der Waals surface area contributed by atoms with Crippen molar-refractivity contribution in [1.82, 2.24) is 4.98 Å². The Balaban J connectivity index is 2.95. The fourth-order valence-electron chi connectivity index (χ4n) is 1.24.